The Labute approximate surface area is 348 Å². The lowest BCUT2D eigenvalue weighted by molar-refractivity contribution is -0.302. The molecular formula is C45H63N3O11. The number of fused-ring (bicyclic) bond motifs is 4. The summed E-state index contributed by atoms with van der Waals surface area (Å²) in [5.41, 5.74) is -0.0858. The number of amides is 1. The van der Waals surface area contributed by atoms with Gasteiger partial charge in [0.15, 0.2) is 17.6 Å². The van der Waals surface area contributed by atoms with E-state index in [4.69, 9.17) is 33.3 Å². The van der Waals surface area contributed by atoms with Gasteiger partial charge in [-0.2, -0.15) is 0 Å². The molecule has 0 saturated carbocycles. The maximum absolute atomic E-state index is 14.5. The number of alkyl carbamates (subject to hydrolysis) is 1. The average molecular weight is 822 g/mol. The molecule has 4 saturated heterocycles. The Hall–Kier alpha value is -3.92. The van der Waals surface area contributed by atoms with Crippen molar-refractivity contribution >= 4 is 23.6 Å². The highest BCUT2D eigenvalue weighted by molar-refractivity contribution is 5.87. The van der Waals surface area contributed by atoms with Gasteiger partial charge < -0.3 is 48.6 Å². The number of Topliss-reactive ketones (excluding diaryl/α,β-unsaturated/α-hetero) is 1. The van der Waals surface area contributed by atoms with E-state index in [1.807, 2.05) is 108 Å². The summed E-state index contributed by atoms with van der Waals surface area (Å²) in [6.07, 6.45) is -4.57. The number of aliphatic hydroxyl groups excluding tert-OH is 1. The molecule has 14 nitrogen and oxygen atoms in total. The van der Waals surface area contributed by atoms with Crippen LogP contribution in [0.4, 0.5) is 4.79 Å². The maximum Gasteiger partial charge on any atom is 0.408 e. The minimum Gasteiger partial charge on any atom is -0.458 e. The molecule has 4 aliphatic heterocycles. The fourth-order valence-electron chi connectivity index (χ4n) is 9.55. The second-order valence-electron chi connectivity index (χ2n) is 17.6. The normalized spacial score (nSPS) is 39.3. The molecule has 14 atom stereocenters. The molecule has 2 bridgehead atoms. The summed E-state index contributed by atoms with van der Waals surface area (Å²) in [6, 6.07) is 16.5. The number of rotatable bonds is 7. The number of hydrogen-bond donors (Lipinski definition) is 2. The van der Waals surface area contributed by atoms with Crippen molar-refractivity contribution in [2.75, 3.05) is 27.3 Å². The van der Waals surface area contributed by atoms with Gasteiger partial charge in [0.05, 0.1) is 49.1 Å². The van der Waals surface area contributed by atoms with Gasteiger partial charge in [-0.3, -0.25) is 9.59 Å². The molecule has 14 heteroatoms. The molecule has 0 spiro atoms. The van der Waals surface area contributed by atoms with Gasteiger partial charge in [0.1, 0.15) is 23.7 Å². The number of aliphatic hydroxyl groups is 1. The Balaban J connectivity index is 1.41. The molecule has 2 N–H and O–H groups in total. The Kier molecular flexibility index (Phi) is 13.9. The average Bonchev–Trinajstić information content (AvgIpc) is 3.55. The van der Waals surface area contributed by atoms with Crippen molar-refractivity contribution in [1.82, 2.24) is 10.2 Å². The third-order valence-corrected chi connectivity index (χ3v) is 12.9. The predicted octanol–water partition coefficient (Wildman–Crippen LogP) is 5.78. The monoisotopic (exact) mass is 821 g/mol. The van der Waals surface area contributed by atoms with E-state index >= 15 is 0 Å². The number of benzene rings is 2. The second kappa shape index (κ2) is 18.4. The number of likely N-dealkylation sites (N-methyl/N-ethyl adjacent to an activating group) is 1. The topological polar surface area (TPSA) is 164 Å². The van der Waals surface area contributed by atoms with E-state index in [1.165, 1.54) is 0 Å². The number of hydrogen-bond acceptors (Lipinski definition) is 13. The molecule has 0 unspecified atom stereocenters. The van der Waals surface area contributed by atoms with E-state index in [0.29, 0.717) is 24.3 Å². The van der Waals surface area contributed by atoms with E-state index in [-0.39, 0.29) is 37.6 Å². The molecule has 0 aliphatic carbocycles. The molecule has 4 fully saturated rings. The van der Waals surface area contributed by atoms with E-state index in [0.717, 1.165) is 11.1 Å². The highest BCUT2D eigenvalue weighted by Crippen LogP contribution is 2.42. The van der Waals surface area contributed by atoms with Crippen LogP contribution in [0.15, 0.2) is 59.8 Å². The van der Waals surface area contributed by atoms with E-state index < -0.39 is 83.7 Å². The first-order chi connectivity index (χ1) is 27.9. The van der Waals surface area contributed by atoms with Crippen molar-refractivity contribution in [3.8, 4) is 16.9 Å². The fourth-order valence-corrected chi connectivity index (χ4v) is 9.55. The number of oxime groups is 1. The largest absolute Gasteiger partial charge is 0.458 e. The third-order valence-electron chi connectivity index (χ3n) is 12.9. The van der Waals surface area contributed by atoms with Gasteiger partial charge in [-0.15, -0.1) is 0 Å². The van der Waals surface area contributed by atoms with Gasteiger partial charge >= 0.3 is 12.1 Å². The first-order valence-corrected chi connectivity index (χ1v) is 21.0. The van der Waals surface area contributed by atoms with Crippen LogP contribution in [0, 0.1) is 23.7 Å². The van der Waals surface area contributed by atoms with E-state index in [1.54, 1.807) is 20.8 Å². The summed E-state index contributed by atoms with van der Waals surface area (Å²) in [6.45, 7) is 14.5. The highest BCUT2D eigenvalue weighted by Gasteiger charge is 2.57. The maximum atomic E-state index is 14.5. The molecule has 1 amide bonds. The fraction of sp³-hybridized carbons (Fsp3) is 0.644. The van der Waals surface area contributed by atoms with Crippen molar-refractivity contribution in [3.63, 3.8) is 0 Å². The zero-order valence-corrected chi connectivity index (χ0v) is 36.1. The van der Waals surface area contributed by atoms with Gasteiger partial charge in [-0.1, -0.05) is 75.3 Å². The van der Waals surface area contributed by atoms with Crippen LogP contribution >= 0.6 is 0 Å². The minimum absolute atomic E-state index is 0.0656. The quantitative estimate of drug-likeness (QED) is 0.256. The molecular weight excluding hydrogens is 759 g/mol. The number of ketones is 1. The summed E-state index contributed by atoms with van der Waals surface area (Å²) in [4.78, 5) is 49.6. The van der Waals surface area contributed by atoms with Crippen LogP contribution in [0.25, 0.3) is 11.1 Å². The SMILES string of the molecule is CC[C@H]1OC(=O)[C@H](C)[C@H]2OC/C(=N/Oc3ccc(-c4ccccc4)cc3)CO[C@](C)(C[C@@H](C)C(=O)[C@H](C)[C@H]3NC(=O)O[C@]31C)[C@H](O[C@@H]1O[C@H](C)C[C@H](N(C)C)[C@H]1O)[C@H]2C. The summed E-state index contributed by atoms with van der Waals surface area (Å²) in [5, 5.41) is 19.0. The minimum atomic E-state index is -1.33. The van der Waals surface area contributed by atoms with Crippen molar-refractivity contribution in [3.05, 3.63) is 54.6 Å². The molecule has 0 aromatic heterocycles. The lowest BCUT2D eigenvalue weighted by atomic mass is 9.73. The Morgan fingerprint density at radius 2 is 1.61 bits per heavy atom. The van der Waals surface area contributed by atoms with Crippen LogP contribution in [-0.2, 0) is 38.0 Å². The Bertz CT molecular complexity index is 1810. The highest BCUT2D eigenvalue weighted by atomic mass is 16.7. The molecule has 4 heterocycles. The number of ether oxygens (including phenoxy) is 6. The second-order valence-corrected chi connectivity index (χ2v) is 17.6. The lowest BCUT2D eigenvalue weighted by Crippen LogP contribution is -2.60. The summed E-state index contributed by atoms with van der Waals surface area (Å²) >= 11 is 0. The first-order valence-electron chi connectivity index (χ1n) is 21.0. The number of carbonyl (C=O) groups is 3. The molecule has 0 radical (unpaired) electrons. The van der Waals surface area contributed by atoms with Gasteiger partial charge in [0, 0.05) is 23.8 Å². The van der Waals surface area contributed by atoms with Crippen LogP contribution in [0.2, 0.25) is 0 Å². The molecule has 6 rings (SSSR count). The smallest absolute Gasteiger partial charge is 0.408 e. The molecule has 2 aromatic rings. The van der Waals surface area contributed by atoms with Crippen LogP contribution in [0.5, 0.6) is 5.75 Å². The van der Waals surface area contributed by atoms with Gasteiger partial charge in [0.2, 0.25) is 0 Å². The van der Waals surface area contributed by atoms with Gasteiger partial charge in [-0.25, -0.2) is 4.79 Å². The van der Waals surface area contributed by atoms with Crippen molar-refractivity contribution in [2.24, 2.45) is 28.8 Å². The number of nitrogens with zero attached hydrogens (tertiary/aromatic N) is 2. The molecule has 59 heavy (non-hydrogen) atoms. The zero-order valence-electron chi connectivity index (χ0n) is 36.1. The zero-order chi connectivity index (χ0) is 42.8. The van der Waals surface area contributed by atoms with Crippen LogP contribution in [0.3, 0.4) is 0 Å². The number of nitrogens with one attached hydrogen (secondary N) is 1. The van der Waals surface area contributed by atoms with Gasteiger partial charge in [0.25, 0.3) is 0 Å². The van der Waals surface area contributed by atoms with Gasteiger partial charge in [-0.05, 0) is 84.3 Å². The van der Waals surface area contributed by atoms with E-state index in [9.17, 15) is 19.5 Å². The lowest BCUT2D eigenvalue weighted by Gasteiger charge is -2.48. The Morgan fingerprint density at radius 1 is 0.932 bits per heavy atom. The summed E-state index contributed by atoms with van der Waals surface area (Å²) in [5.74, 6) is -3.05. The van der Waals surface area contributed by atoms with Crippen LogP contribution < -0.4 is 10.2 Å². The summed E-state index contributed by atoms with van der Waals surface area (Å²) < 4.78 is 38.9. The van der Waals surface area contributed by atoms with Crippen LogP contribution in [0.1, 0.15) is 74.7 Å². The molecule has 4 aliphatic rings. The molecule has 2 aromatic carbocycles. The van der Waals surface area contributed by atoms with Crippen LogP contribution in [-0.4, -0.2) is 121 Å². The van der Waals surface area contributed by atoms with Crippen molar-refractivity contribution in [1.29, 1.82) is 0 Å². The standard InChI is InChI=1S/C45H63N3O11/c1-11-35-45(8)39(46-43(52)58-45)27(4)36(49)25(2)22-44(7)40(57-42-37(50)34(48(9)10)21-26(3)55-42)28(5)38(29(6)41(51)56-35)53-23-32(24-54-44)47-59-33-19-17-31(18-20-33)30-15-13-12-14-16-30/h12-20,25-29,34-35,37-40,42,50H,11,21-24H2,1-10H3,(H,46,52)/b47-32-/t25-,26-,27+,28+,29-,34+,35-,37-,38+,39-,40-,42+,44-,45+/m1/s1. The summed E-state index contributed by atoms with van der Waals surface area (Å²) in [7, 11) is 3.81. The molecule has 324 valence electrons. The first kappa shape index (κ1) is 44.6. The number of esters is 1. The number of carbonyl (C=O) groups excluding carboxylic acids is 3. The number of cyclic esters (lactones) is 1. The third kappa shape index (κ3) is 9.53. The predicted molar refractivity (Wildman–Crippen MR) is 220 cm³/mol. The van der Waals surface area contributed by atoms with Crippen molar-refractivity contribution in [2.45, 2.75) is 135 Å². The van der Waals surface area contributed by atoms with E-state index in [2.05, 4.69) is 10.5 Å². The Morgan fingerprint density at radius 3 is 2.27 bits per heavy atom. The van der Waals surface area contributed by atoms with Crippen molar-refractivity contribution < 1.29 is 52.7 Å².